The van der Waals surface area contributed by atoms with Crippen molar-refractivity contribution in [1.29, 1.82) is 0 Å². The van der Waals surface area contributed by atoms with E-state index in [4.69, 9.17) is 14.2 Å². The number of aromatic nitrogens is 3. The fourth-order valence-electron chi connectivity index (χ4n) is 6.15. The van der Waals surface area contributed by atoms with Crippen LogP contribution in [0, 0.1) is 11.6 Å². The van der Waals surface area contributed by atoms with Gasteiger partial charge in [-0.3, -0.25) is 5.10 Å². The summed E-state index contributed by atoms with van der Waals surface area (Å²) >= 11 is 0. The van der Waals surface area contributed by atoms with Gasteiger partial charge in [0, 0.05) is 35.1 Å². The summed E-state index contributed by atoms with van der Waals surface area (Å²) in [6.45, 7) is 5.74. The normalized spacial score (nSPS) is 13.3. The second-order valence-corrected chi connectivity index (χ2v) is 10.7. The Morgan fingerprint density at radius 1 is 1.07 bits per heavy atom. The van der Waals surface area contributed by atoms with Gasteiger partial charge in [-0.15, -0.1) is 0 Å². The van der Waals surface area contributed by atoms with Crippen molar-refractivity contribution in [2.24, 2.45) is 0 Å². The first-order valence-corrected chi connectivity index (χ1v) is 15.0. The zero-order chi connectivity index (χ0) is 29.9. The molecule has 0 spiro atoms. The third-order valence-electron chi connectivity index (χ3n) is 8.05. The standard InChI is InChI=1S/C34H35F2N3O4.CH4/c1-3-27-31-28(38-37-27)20-41-17-6-5-16-39-32-25(14-15-26(36)30(31)32)24(33(39)34(40)42-4-2)10-8-18-43-29-11-7-9-21-19-22(35)12-13-23(21)29;/h7,9,11-15,19H,3-6,8,10,16-18,20H2,1-2H3,(H,37,38);1H4. The largest absolute Gasteiger partial charge is 0.493 e. The summed E-state index contributed by atoms with van der Waals surface area (Å²) in [5.41, 5.74) is 4.54. The van der Waals surface area contributed by atoms with E-state index >= 15 is 4.39 Å². The zero-order valence-corrected chi connectivity index (χ0v) is 24.5. The number of benzene rings is 3. The van der Waals surface area contributed by atoms with Gasteiger partial charge >= 0.3 is 5.97 Å². The molecule has 0 saturated carbocycles. The molecule has 0 radical (unpaired) electrons. The summed E-state index contributed by atoms with van der Waals surface area (Å²) in [6, 6.07) is 13.4. The molecule has 232 valence electrons. The lowest BCUT2D eigenvalue weighted by Gasteiger charge is -2.14. The average molecular weight is 604 g/mol. The van der Waals surface area contributed by atoms with E-state index in [9.17, 15) is 9.18 Å². The van der Waals surface area contributed by atoms with E-state index in [0.717, 1.165) is 46.0 Å². The average Bonchev–Trinajstić information content (AvgIpc) is 3.54. The Hall–Kier alpha value is -4.24. The number of carbonyl (C=O) groups excluding carboxylic acids is 1. The van der Waals surface area contributed by atoms with Gasteiger partial charge in [0.15, 0.2) is 0 Å². The summed E-state index contributed by atoms with van der Waals surface area (Å²) in [6.07, 6.45) is 3.26. The van der Waals surface area contributed by atoms with Gasteiger partial charge in [0.2, 0.25) is 0 Å². The van der Waals surface area contributed by atoms with Gasteiger partial charge in [-0.1, -0.05) is 26.5 Å². The lowest BCUT2D eigenvalue weighted by molar-refractivity contribution is 0.0512. The topological polar surface area (TPSA) is 78.4 Å². The van der Waals surface area contributed by atoms with E-state index in [1.54, 1.807) is 19.1 Å². The molecule has 0 bridgehead atoms. The molecule has 3 heterocycles. The van der Waals surface area contributed by atoms with Crippen molar-refractivity contribution in [1.82, 2.24) is 14.8 Å². The maximum atomic E-state index is 15.9. The summed E-state index contributed by atoms with van der Waals surface area (Å²) in [4.78, 5) is 13.6. The molecular formula is C35H39F2N3O4. The molecule has 6 rings (SSSR count). The molecule has 0 saturated heterocycles. The van der Waals surface area contributed by atoms with Crippen LogP contribution in [0.3, 0.4) is 0 Å². The van der Waals surface area contributed by atoms with Gasteiger partial charge in [0.05, 0.1) is 36.7 Å². The van der Waals surface area contributed by atoms with Crippen LogP contribution in [-0.4, -0.2) is 40.6 Å². The number of hydrogen-bond donors (Lipinski definition) is 1. The molecule has 3 aromatic carbocycles. The first-order valence-electron chi connectivity index (χ1n) is 15.0. The molecule has 44 heavy (non-hydrogen) atoms. The molecule has 9 heteroatoms. The van der Waals surface area contributed by atoms with Crippen LogP contribution >= 0.6 is 0 Å². The summed E-state index contributed by atoms with van der Waals surface area (Å²) in [7, 11) is 0. The van der Waals surface area contributed by atoms with Crippen molar-refractivity contribution < 1.29 is 27.8 Å². The highest BCUT2D eigenvalue weighted by Gasteiger charge is 2.29. The number of nitrogens with zero attached hydrogens (tertiary/aromatic N) is 2. The number of rotatable bonds is 8. The van der Waals surface area contributed by atoms with Crippen molar-refractivity contribution in [3.63, 3.8) is 0 Å². The molecule has 0 amide bonds. The monoisotopic (exact) mass is 603 g/mol. The number of fused-ring (bicyclic) bond motifs is 3. The van der Waals surface area contributed by atoms with Crippen molar-refractivity contribution in [2.75, 3.05) is 19.8 Å². The number of hydrogen-bond acceptors (Lipinski definition) is 5. The lowest BCUT2D eigenvalue weighted by Crippen LogP contribution is -2.15. The van der Waals surface area contributed by atoms with Crippen molar-refractivity contribution in [2.45, 2.75) is 66.5 Å². The number of aryl methyl sites for hydroxylation is 3. The highest BCUT2D eigenvalue weighted by atomic mass is 19.1. The number of nitrogens with one attached hydrogen (secondary N) is 1. The maximum Gasteiger partial charge on any atom is 0.355 e. The molecule has 1 aliphatic rings. The van der Waals surface area contributed by atoms with E-state index in [2.05, 4.69) is 10.2 Å². The van der Waals surface area contributed by atoms with Crippen LogP contribution in [-0.2, 0) is 35.5 Å². The van der Waals surface area contributed by atoms with Crippen LogP contribution in [0.1, 0.15) is 68.0 Å². The molecule has 1 N–H and O–H groups in total. The first kappa shape index (κ1) is 31.2. The van der Waals surface area contributed by atoms with E-state index in [-0.39, 0.29) is 25.7 Å². The lowest BCUT2D eigenvalue weighted by atomic mass is 9.97. The molecule has 0 atom stereocenters. The Bertz CT molecular complexity index is 1790. The molecule has 0 aliphatic carbocycles. The molecule has 2 aromatic heterocycles. The summed E-state index contributed by atoms with van der Waals surface area (Å²) < 4.78 is 49.2. The Balaban J connectivity index is 0.00000384. The molecule has 1 aliphatic heterocycles. The minimum absolute atomic E-state index is 0. The van der Waals surface area contributed by atoms with Crippen LogP contribution in [0.25, 0.3) is 32.8 Å². The van der Waals surface area contributed by atoms with E-state index in [1.807, 2.05) is 29.7 Å². The second kappa shape index (κ2) is 13.6. The molecule has 0 fully saturated rings. The number of halogens is 2. The van der Waals surface area contributed by atoms with Crippen LogP contribution in [0.2, 0.25) is 0 Å². The smallest absolute Gasteiger partial charge is 0.355 e. The van der Waals surface area contributed by atoms with Gasteiger partial charge in [-0.25, -0.2) is 13.6 Å². The molecule has 5 aromatic rings. The van der Waals surface area contributed by atoms with Crippen LogP contribution in [0.15, 0.2) is 48.5 Å². The van der Waals surface area contributed by atoms with Gasteiger partial charge in [0.1, 0.15) is 23.1 Å². The highest BCUT2D eigenvalue weighted by molar-refractivity contribution is 6.05. The van der Waals surface area contributed by atoms with Crippen LogP contribution in [0.4, 0.5) is 8.78 Å². The predicted molar refractivity (Wildman–Crippen MR) is 168 cm³/mol. The molecular weight excluding hydrogens is 564 g/mol. The number of esters is 1. The third-order valence-corrected chi connectivity index (χ3v) is 8.05. The van der Waals surface area contributed by atoms with Crippen molar-refractivity contribution in [3.05, 3.63) is 82.8 Å². The number of H-pyrrole nitrogens is 1. The van der Waals surface area contributed by atoms with Crippen molar-refractivity contribution >= 4 is 27.6 Å². The van der Waals surface area contributed by atoms with Crippen molar-refractivity contribution in [3.8, 4) is 16.9 Å². The minimum atomic E-state index is -0.425. The van der Waals surface area contributed by atoms with Gasteiger partial charge in [-0.05, 0) is 86.4 Å². The quantitative estimate of drug-likeness (QED) is 0.143. The van der Waals surface area contributed by atoms with Gasteiger partial charge < -0.3 is 18.8 Å². The summed E-state index contributed by atoms with van der Waals surface area (Å²) in [5, 5.41) is 9.97. The molecule has 7 nitrogen and oxygen atoms in total. The molecule has 0 unspecified atom stereocenters. The Morgan fingerprint density at radius 3 is 2.73 bits per heavy atom. The SMILES string of the molecule is C.CCOC(=O)c1c(CCCOc2cccc3cc(F)ccc23)c2ccc(F)c3c2n1CCCCOCc1[nH]nc(CC)c1-3. The fraction of sp³-hybridized carbons (Fsp3) is 0.371. The van der Waals surface area contributed by atoms with Crippen LogP contribution in [0.5, 0.6) is 5.75 Å². The van der Waals surface area contributed by atoms with Gasteiger partial charge in [0.25, 0.3) is 0 Å². The predicted octanol–water partition coefficient (Wildman–Crippen LogP) is 8.16. The maximum absolute atomic E-state index is 15.9. The third kappa shape index (κ3) is 5.80. The zero-order valence-electron chi connectivity index (χ0n) is 24.5. The highest BCUT2D eigenvalue weighted by Crippen LogP contribution is 2.40. The number of carbonyl (C=O) groups is 1. The summed E-state index contributed by atoms with van der Waals surface area (Å²) in [5.74, 6) is -0.423. The fourth-order valence-corrected chi connectivity index (χ4v) is 6.15. The Morgan fingerprint density at radius 2 is 1.91 bits per heavy atom. The number of ether oxygens (including phenoxy) is 3. The first-order chi connectivity index (χ1) is 21.0. The van der Waals surface area contributed by atoms with E-state index < -0.39 is 5.97 Å². The Labute approximate surface area is 256 Å². The van der Waals surface area contributed by atoms with E-state index in [0.29, 0.717) is 73.7 Å². The number of aromatic amines is 1. The van der Waals surface area contributed by atoms with Gasteiger partial charge in [-0.2, -0.15) is 5.10 Å². The minimum Gasteiger partial charge on any atom is -0.493 e. The second-order valence-electron chi connectivity index (χ2n) is 10.7. The van der Waals surface area contributed by atoms with E-state index in [1.165, 1.54) is 18.2 Å². The van der Waals surface area contributed by atoms with Crippen LogP contribution < -0.4 is 4.74 Å². The Kier molecular flexibility index (Phi) is 9.64.